The van der Waals surface area contributed by atoms with Crippen LogP contribution in [0.15, 0.2) is 78.9 Å². The van der Waals surface area contributed by atoms with Crippen molar-refractivity contribution >= 4 is 22.7 Å². The van der Waals surface area contributed by atoms with E-state index >= 15 is 0 Å². The molecule has 0 radical (unpaired) electrons. The summed E-state index contributed by atoms with van der Waals surface area (Å²) in [6.07, 6.45) is 0. The lowest BCUT2D eigenvalue weighted by molar-refractivity contribution is 0.0937. The molecule has 3 aromatic carbocycles. The Bertz CT molecular complexity index is 1210. The van der Waals surface area contributed by atoms with Gasteiger partial charge in [-0.2, -0.15) is 0 Å². The number of hydrogen-bond acceptors (Lipinski definition) is 3. The van der Waals surface area contributed by atoms with Gasteiger partial charge in [0.25, 0.3) is 5.91 Å². The summed E-state index contributed by atoms with van der Waals surface area (Å²) in [5.41, 5.74) is 3.86. The van der Waals surface area contributed by atoms with Crippen LogP contribution in [0.3, 0.4) is 0 Å². The summed E-state index contributed by atoms with van der Waals surface area (Å²) >= 11 is 0. The Kier molecular flexibility index (Phi) is 5.44. The molecule has 0 saturated heterocycles. The Hall–Kier alpha value is -3.73. The summed E-state index contributed by atoms with van der Waals surface area (Å²) in [5.74, 6) is 0.494. The Morgan fingerprint density at radius 3 is 2.37 bits per heavy atom. The van der Waals surface area contributed by atoms with Crippen molar-refractivity contribution < 1.29 is 9.59 Å². The minimum atomic E-state index is -0.368. The molecule has 0 saturated carbocycles. The zero-order valence-corrected chi connectivity index (χ0v) is 17.0. The van der Waals surface area contributed by atoms with Crippen LogP contribution in [-0.2, 0) is 6.54 Å². The summed E-state index contributed by atoms with van der Waals surface area (Å²) in [4.78, 5) is 30.4. The molecule has 0 aliphatic carbocycles. The lowest BCUT2D eigenvalue weighted by Gasteiger charge is -2.17. The average molecular weight is 397 g/mol. The zero-order chi connectivity index (χ0) is 21.1. The van der Waals surface area contributed by atoms with E-state index in [2.05, 4.69) is 5.32 Å². The Morgan fingerprint density at radius 2 is 1.60 bits per heavy atom. The van der Waals surface area contributed by atoms with Crippen LogP contribution in [0.5, 0.6) is 0 Å². The van der Waals surface area contributed by atoms with E-state index in [4.69, 9.17) is 4.98 Å². The maximum Gasteiger partial charge on any atom is 0.252 e. The number of imidazole rings is 1. The first-order valence-corrected chi connectivity index (χ1v) is 9.94. The van der Waals surface area contributed by atoms with Crippen LogP contribution in [0.2, 0.25) is 0 Å². The number of fused-ring (bicyclic) bond motifs is 1. The minimum Gasteiger partial charge on any atom is -0.342 e. The van der Waals surface area contributed by atoms with Crippen LogP contribution in [-0.4, -0.2) is 21.2 Å². The fourth-order valence-corrected chi connectivity index (χ4v) is 3.62. The molecule has 0 spiro atoms. The molecule has 0 aliphatic rings. The monoisotopic (exact) mass is 397 g/mol. The predicted octanol–water partition coefficient (Wildman–Crippen LogP) is 4.72. The van der Waals surface area contributed by atoms with Gasteiger partial charge in [0.05, 0.1) is 23.6 Å². The molecule has 4 rings (SSSR count). The molecular weight excluding hydrogens is 374 g/mol. The third kappa shape index (κ3) is 3.87. The first-order chi connectivity index (χ1) is 14.5. The first kappa shape index (κ1) is 19.6. The number of hydrogen-bond donors (Lipinski definition) is 1. The molecule has 1 amide bonds. The maximum atomic E-state index is 12.9. The number of para-hydroxylation sites is 2. The van der Waals surface area contributed by atoms with Gasteiger partial charge in [0, 0.05) is 11.1 Å². The van der Waals surface area contributed by atoms with Gasteiger partial charge in [0.2, 0.25) is 0 Å². The quantitative estimate of drug-likeness (QED) is 0.479. The van der Waals surface area contributed by atoms with Crippen molar-refractivity contribution in [2.75, 3.05) is 0 Å². The second kappa shape index (κ2) is 8.33. The van der Waals surface area contributed by atoms with Crippen LogP contribution >= 0.6 is 0 Å². The normalized spacial score (nSPS) is 11.9. The highest BCUT2D eigenvalue weighted by Crippen LogP contribution is 2.22. The Balaban J connectivity index is 1.66. The van der Waals surface area contributed by atoms with E-state index in [1.807, 2.05) is 91.2 Å². The van der Waals surface area contributed by atoms with Crippen LogP contribution in [0.4, 0.5) is 0 Å². The van der Waals surface area contributed by atoms with Crippen molar-refractivity contribution in [3.8, 4) is 0 Å². The molecule has 1 aromatic heterocycles. The number of nitrogens with zero attached hydrogens (tertiary/aromatic N) is 2. The van der Waals surface area contributed by atoms with Crippen molar-refractivity contribution in [2.45, 2.75) is 26.4 Å². The molecule has 1 heterocycles. The molecule has 30 heavy (non-hydrogen) atoms. The number of nitrogens with one attached hydrogen (secondary N) is 1. The van der Waals surface area contributed by atoms with Gasteiger partial charge in [-0.1, -0.05) is 60.7 Å². The van der Waals surface area contributed by atoms with Crippen molar-refractivity contribution in [1.29, 1.82) is 0 Å². The number of aryl methyl sites for hydroxylation is 1. The van der Waals surface area contributed by atoms with E-state index in [1.165, 1.54) is 0 Å². The summed E-state index contributed by atoms with van der Waals surface area (Å²) in [5, 5.41) is 3.03. The largest absolute Gasteiger partial charge is 0.342 e. The van der Waals surface area contributed by atoms with Gasteiger partial charge >= 0.3 is 0 Å². The van der Waals surface area contributed by atoms with Gasteiger partial charge in [-0.3, -0.25) is 9.59 Å². The molecular formula is C25H23N3O2. The van der Waals surface area contributed by atoms with Gasteiger partial charge in [-0.05, 0) is 37.6 Å². The second-order valence-electron chi connectivity index (χ2n) is 7.34. The zero-order valence-electron chi connectivity index (χ0n) is 17.0. The summed E-state index contributed by atoms with van der Waals surface area (Å²) in [6.45, 7) is 3.96. The second-order valence-corrected chi connectivity index (χ2v) is 7.34. The van der Waals surface area contributed by atoms with Crippen molar-refractivity contribution in [3.63, 3.8) is 0 Å². The molecule has 150 valence electrons. The lowest BCUT2D eigenvalue weighted by Crippen LogP contribution is -2.29. The van der Waals surface area contributed by atoms with Crippen molar-refractivity contribution in [1.82, 2.24) is 14.9 Å². The van der Waals surface area contributed by atoms with Crippen LogP contribution in [0.1, 0.15) is 45.1 Å². The number of ketones is 1. The third-order valence-electron chi connectivity index (χ3n) is 5.21. The lowest BCUT2D eigenvalue weighted by atomic mass is 10.1. The standard InChI is InChI=1S/C25H23N3O2/c1-17-10-6-7-13-20(17)25(30)26-18(2)24-27-21-14-8-9-15-22(21)28(24)16-23(29)19-11-4-3-5-12-19/h3-15,18H,16H2,1-2H3,(H,26,30). The van der Waals surface area contributed by atoms with E-state index in [0.717, 1.165) is 16.6 Å². The Morgan fingerprint density at radius 1 is 0.933 bits per heavy atom. The van der Waals surface area contributed by atoms with Gasteiger partial charge < -0.3 is 9.88 Å². The topological polar surface area (TPSA) is 64.0 Å². The molecule has 5 heteroatoms. The molecule has 0 bridgehead atoms. The summed E-state index contributed by atoms with van der Waals surface area (Å²) < 4.78 is 1.90. The highest BCUT2D eigenvalue weighted by molar-refractivity contribution is 5.97. The van der Waals surface area contributed by atoms with E-state index in [1.54, 1.807) is 6.07 Å². The molecule has 0 aliphatic heterocycles. The van der Waals surface area contributed by atoms with E-state index in [0.29, 0.717) is 17.0 Å². The number of benzene rings is 3. The average Bonchev–Trinajstić information content (AvgIpc) is 3.13. The number of carbonyl (C=O) groups is 2. The summed E-state index contributed by atoms with van der Waals surface area (Å²) in [7, 11) is 0. The van der Waals surface area contributed by atoms with Gasteiger partial charge in [0.1, 0.15) is 5.82 Å². The van der Waals surface area contributed by atoms with E-state index in [-0.39, 0.29) is 24.3 Å². The SMILES string of the molecule is Cc1ccccc1C(=O)NC(C)c1nc2ccccc2n1CC(=O)c1ccccc1. The Labute approximate surface area is 175 Å². The predicted molar refractivity (Wildman–Crippen MR) is 118 cm³/mol. The van der Waals surface area contributed by atoms with Gasteiger partial charge in [-0.15, -0.1) is 0 Å². The fraction of sp³-hybridized carbons (Fsp3) is 0.160. The van der Waals surface area contributed by atoms with Gasteiger partial charge in [-0.25, -0.2) is 4.98 Å². The van der Waals surface area contributed by atoms with Gasteiger partial charge in [0.15, 0.2) is 5.78 Å². The van der Waals surface area contributed by atoms with E-state index in [9.17, 15) is 9.59 Å². The highest BCUT2D eigenvalue weighted by atomic mass is 16.1. The molecule has 5 nitrogen and oxygen atoms in total. The van der Waals surface area contributed by atoms with Crippen LogP contribution in [0, 0.1) is 6.92 Å². The number of carbonyl (C=O) groups excluding carboxylic acids is 2. The minimum absolute atomic E-state index is 0.00238. The number of aromatic nitrogens is 2. The number of rotatable bonds is 6. The molecule has 0 fully saturated rings. The highest BCUT2D eigenvalue weighted by Gasteiger charge is 2.21. The number of amides is 1. The fourth-order valence-electron chi connectivity index (χ4n) is 3.62. The van der Waals surface area contributed by atoms with Crippen molar-refractivity contribution in [2.24, 2.45) is 0 Å². The third-order valence-corrected chi connectivity index (χ3v) is 5.21. The van der Waals surface area contributed by atoms with Crippen LogP contribution in [0.25, 0.3) is 11.0 Å². The molecule has 1 unspecified atom stereocenters. The number of Topliss-reactive ketones (excluding diaryl/α,β-unsaturated/α-hetero) is 1. The summed E-state index contributed by atoms with van der Waals surface area (Å²) in [6, 6.07) is 24.0. The smallest absolute Gasteiger partial charge is 0.252 e. The first-order valence-electron chi connectivity index (χ1n) is 9.94. The van der Waals surface area contributed by atoms with Crippen molar-refractivity contribution in [3.05, 3.63) is 101 Å². The molecule has 1 N–H and O–H groups in total. The van der Waals surface area contributed by atoms with Crippen LogP contribution < -0.4 is 5.32 Å². The maximum absolute atomic E-state index is 12.9. The van der Waals surface area contributed by atoms with E-state index < -0.39 is 0 Å². The molecule has 1 atom stereocenters. The molecule has 4 aromatic rings.